The molecular formula is C16H13ClF3NO4S2. The van der Waals surface area contributed by atoms with Crippen molar-refractivity contribution < 1.29 is 30.0 Å². The summed E-state index contributed by atoms with van der Waals surface area (Å²) in [5.74, 6) is 0. The van der Waals surface area contributed by atoms with Crippen molar-refractivity contribution in [2.45, 2.75) is 21.2 Å². The van der Waals surface area contributed by atoms with Gasteiger partial charge in [-0.1, -0.05) is 23.7 Å². The predicted octanol–water partition coefficient (Wildman–Crippen LogP) is 3.21. The van der Waals surface area contributed by atoms with E-state index in [9.17, 15) is 30.0 Å². The van der Waals surface area contributed by atoms with Crippen molar-refractivity contribution in [3.8, 4) is 0 Å². The maximum Gasteiger partial charge on any atom is 0.417 e. The number of nitrogens with zero attached hydrogens (tertiary/aromatic N) is 1. The molecule has 3 rings (SSSR count). The van der Waals surface area contributed by atoms with Gasteiger partial charge in [-0.25, -0.2) is 16.8 Å². The van der Waals surface area contributed by atoms with Gasteiger partial charge in [0.2, 0.25) is 10.0 Å². The van der Waals surface area contributed by atoms with Gasteiger partial charge in [0.1, 0.15) is 0 Å². The topological polar surface area (TPSA) is 71.5 Å². The Kier molecular flexibility index (Phi) is 5.04. The van der Waals surface area contributed by atoms with E-state index in [4.69, 9.17) is 11.6 Å². The molecule has 0 spiro atoms. The van der Waals surface area contributed by atoms with E-state index in [0.717, 1.165) is 16.4 Å². The molecule has 1 aliphatic rings. The van der Waals surface area contributed by atoms with Crippen LogP contribution in [0.15, 0.2) is 58.3 Å². The van der Waals surface area contributed by atoms with Crippen molar-refractivity contribution in [2.75, 3.05) is 13.1 Å². The Morgan fingerprint density at radius 2 is 1.48 bits per heavy atom. The molecule has 2 aromatic rings. The standard InChI is InChI=1S/C16H13ClF3NO4S2/c17-11-5-7-12(8-6-11)26(22,23)13-9-21(10-13)27(24,25)15-4-2-1-3-14(15)16(18,19)20/h1-8,13H,9-10H2. The van der Waals surface area contributed by atoms with E-state index in [0.29, 0.717) is 11.1 Å². The third-order valence-electron chi connectivity index (χ3n) is 4.21. The molecule has 5 nitrogen and oxygen atoms in total. The number of halogens is 4. The van der Waals surface area contributed by atoms with E-state index >= 15 is 0 Å². The molecule has 0 aliphatic carbocycles. The number of benzene rings is 2. The van der Waals surface area contributed by atoms with Crippen LogP contribution in [-0.2, 0) is 26.0 Å². The molecular weight excluding hydrogens is 427 g/mol. The van der Waals surface area contributed by atoms with E-state index in [1.54, 1.807) is 0 Å². The molecule has 0 unspecified atom stereocenters. The maximum absolute atomic E-state index is 13.1. The first-order valence-corrected chi connectivity index (χ1v) is 11.0. The minimum atomic E-state index is -4.84. The van der Waals surface area contributed by atoms with Gasteiger partial charge in [0.15, 0.2) is 9.84 Å². The summed E-state index contributed by atoms with van der Waals surface area (Å²) in [7, 11) is -8.29. The minimum absolute atomic E-state index is 0.0235. The van der Waals surface area contributed by atoms with E-state index in [-0.39, 0.29) is 4.90 Å². The lowest BCUT2D eigenvalue weighted by atomic mass is 10.2. The highest BCUT2D eigenvalue weighted by atomic mass is 35.5. The Labute approximate surface area is 159 Å². The average Bonchev–Trinajstić information content (AvgIpc) is 2.52. The van der Waals surface area contributed by atoms with Gasteiger partial charge < -0.3 is 0 Å². The quantitative estimate of drug-likeness (QED) is 0.733. The second-order valence-electron chi connectivity index (χ2n) is 5.94. The van der Waals surface area contributed by atoms with Gasteiger partial charge in [0, 0.05) is 18.1 Å². The molecule has 1 aliphatic heterocycles. The fraction of sp³-hybridized carbons (Fsp3) is 0.250. The van der Waals surface area contributed by atoms with Gasteiger partial charge in [-0.15, -0.1) is 0 Å². The van der Waals surface area contributed by atoms with Crippen molar-refractivity contribution in [3.63, 3.8) is 0 Å². The van der Waals surface area contributed by atoms with Crippen molar-refractivity contribution >= 4 is 31.5 Å². The fourth-order valence-corrected chi connectivity index (χ4v) is 6.39. The summed E-state index contributed by atoms with van der Waals surface area (Å²) >= 11 is 5.72. The zero-order chi connectivity index (χ0) is 20.0. The molecule has 1 saturated heterocycles. The third kappa shape index (κ3) is 3.71. The summed E-state index contributed by atoms with van der Waals surface area (Å²) in [6.07, 6.45) is -4.84. The van der Waals surface area contributed by atoms with Crippen molar-refractivity contribution in [2.24, 2.45) is 0 Å². The van der Waals surface area contributed by atoms with Gasteiger partial charge in [-0.2, -0.15) is 17.5 Å². The van der Waals surface area contributed by atoms with E-state index in [1.165, 1.54) is 30.3 Å². The van der Waals surface area contributed by atoms with Crippen LogP contribution in [0.25, 0.3) is 0 Å². The van der Waals surface area contributed by atoms with E-state index in [2.05, 4.69) is 0 Å². The van der Waals surface area contributed by atoms with E-state index in [1.807, 2.05) is 0 Å². The molecule has 1 heterocycles. The van der Waals surface area contributed by atoms with Crippen LogP contribution in [0, 0.1) is 0 Å². The molecule has 146 valence electrons. The van der Waals surface area contributed by atoms with Crippen molar-refractivity contribution in [1.82, 2.24) is 4.31 Å². The van der Waals surface area contributed by atoms with Crippen LogP contribution in [-0.4, -0.2) is 39.5 Å². The zero-order valence-electron chi connectivity index (χ0n) is 13.5. The third-order valence-corrected chi connectivity index (χ3v) is 8.45. The summed E-state index contributed by atoms with van der Waals surface area (Å²) in [5.41, 5.74) is -1.28. The largest absolute Gasteiger partial charge is 0.417 e. The van der Waals surface area contributed by atoms with Crippen LogP contribution in [0.1, 0.15) is 5.56 Å². The molecule has 27 heavy (non-hydrogen) atoms. The van der Waals surface area contributed by atoms with Gasteiger partial charge in [-0.05, 0) is 36.4 Å². The molecule has 0 atom stereocenters. The highest BCUT2D eigenvalue weighted by Gasteiger charge is 2.46. The summed E-state index contributed by atoms with van der Waals surface area (Å²) in [5, 5.41) is -0.693. The number of sulfone groups is 1. The molecule has 1 fully saturated rings. The normalized spacial score (nSPS) is 16.9. The van der Waals surface area contributed by atoms with Crippen LogP contribution < -0.4 is 0 Å². The zero-order valence-corrected chi connectivity index (χ0v) is 15.9. The predicted molar refractivity (Wildman–Crippen MR) is 92.6 cm³/mol. The Morgan fingerprint density at radius 3 is 2.04 bits per heavy atom. The SMILES string of the molecule is O=S(=O)(c1ccc(Cl)cc1)C1CN(S(=O)(=O)c2ccccc2C(F)(F)F)C1. The van der Waals surface area contributed by atoms with Crippen LogP contribution in [0.4, 0.5) is 13.2 Å². The minimum Gasteiger partial charge on any atom is -0.223 e. The Morgan fingerprint density at radius 1 is 0.926 bits per heavy atom. The van der Waals surface area contributed by atoms with E-state index < -0.39 is 54.8 Å². The molecule has 11 heteroatoms. The Balaban J connectivity index is 1.85. The van der Waals surface area contributed by atoms with Crippen molar-refractivity contribution in [3.05, 3.63) is 59.1 Å². The molecule has 2 aromatic carbocycles. The van der Waals surface area contributed by atoms with Gasteiger partial charge in [0.05, 0.1) is 20.6 Å². The molecule has 0 radical (unpaired) electrons. The van der Waals surface area contributed by atoms with Crippen LogP contribution in [0.2, 0.25) is 5.02 Å². The smallest absolute Gasteiger partial charge is 0.223 e. The average molecular weight is 440 g/mol. The van der Waals surface area contributed by atoms with Crippen LogP contribution >= 0.6 is 11.6 Å². The molecule has 0 aromatic heterocycles. The number of hydrogen-bond acceptors (Lipinski definition) is 4. The molecule has 0 saturated carbocycles. The number of hydrogen-bond donors (Lipinski definition) is 0. The summed E-state index contributed by atoms with van der Waals surface area (Å²) in [6, 6.07) is 9.19. The maximum atomic E-state index is 13.1. The molecule has 0 N–H and O–H groups in total. The summed E-state index contributed by atoms with van der Waals surface area (Å²) in [6.45, 7) is -0.834. The van der Waals surface area contributed by atoms with Crippen LogP contribution in [0.5, 0.6) is 0 Å². The second kappa shape index (κ2) is 6.77. The fourth-order valence-electron chi connectivity index (χ4n) is 2.67. The molecule has 0 amide bonds. The number of rotatable bonds is 4. The Bertz CT molecular complexity index is 1060. The first kappa shape index (κ1) is 20.1. The second-order valence-corrected chi connectivity index (χ2v) is 10.5. The lowest BCUT2D eigenvalue weighted by Gasteiger charge is -2.37. The lowest BCUT2D eigenvalue weighted by molar-refractivity contribution is -0.139. The summed E-state index contributed by atoms with van der Waals surface area (Å²) < 4.78 is 90.1. The van der Waals surface area contributed by atoms with Crippen LogP contribution in [0.3, 0.4) is 0 Å². The van der Waals surface area contributed by atoms with Gasteiger partial charge >= 0.3 is 6.18 Å². The Hall–Kier alpha value is -1.62. The highest BCUT2D eigenvalue weighted by Crippen LogP contribution is 2.37. The molecule has 0 bridgehead atoms. The highest BCUT2D eigenvalue weighted by molar-refractivity contribution is 7.92. The van der Waals surface area contributed by atoms with Crippen molar-refractivity contribution in [1.29, 1.82) is 0 Å². The van der Waals surface area contributed by atoms with Gasteiger partial charge in [0.25, 0.3) is 0 Å². The first-order chi connectivity index (χ1) is 12.4. The number of alkyl halides is 3. The lowest BCUT2D eigenvalue weighted by Crippen LogP contribution is -2.56. The number of sulfonamides is 1. The summed E-state index contributed by atoms with van der Waals surface area (Å²) in [4.78, 5) is -0.913. The first-order valence-electron chi connectivity index (χ1n) is 7.60. The van der Waals surface area contributed by atoms with Gasteiger partial charge in [-0.3, -0.25) is 0 Å². The monoisotopic (exact) mass is 439 g/mol.